The Hall–Kier alpha value is -3.50. The van der Waals surface area contributed by atoms with E-state index < -0.39 is 0 Å². The minimum absolute atomic E-state index is 0.320. The van der Waals surface area contributed by atoms with Gasteiger partial charge in [0, 0.05) is 23.7 Å². The summed E-state index contributed by atoms with van der Waals surface area (Å²) in [5.74, 6) is 1.11. The van der Waals surface area contributed by atoms with E-state index in [9.17, 15) is 4.39 Å². The number of nitrogens with one attached hydrogen (secondary N) is 4. The molecule has 8 nitrogen and oxygen atoms in total. The lowest BCUT2D eigenvalue weighted by molar-refractivity contribution is 0.577. The van der Waals surface area contributed by atoms with E-state index in [1.165, 1.54) is 6.07 Å². The summed E-state index contributed by atoms with van der Waals surface area (Å²) in [6.45, 7) is 0.560. The van der Waals surface area contributed by atoms with Gasteiger partial charge in [0.1, 0.15) is 11.6 Å². The third-order valence-electron chi connectivity index (χ3n) is 4.68. The highest BCUT2D eigenvalue weighted by Crippen LogP contribution is 2.27. The molecule has 4 N–H and O–H groups in total. The van der Waals surface area contributed by atoms with Gasteiger partial charge in [0.15, 0.2) is 11.5 Å². The Morgan fingerprint density at radius 2 is 1.93 bits per heavy atom. The maximum absolute atomic E-state index is 14.3. The predicted octanol–water partition coefficient (Wildman–Crippen LogP) is 3.18. The van der Waals surface area contributed by atoms with Crippen molar-refractivity contribution in [1.29, 1.82) is 0 Å². The fraction of sp³-hybridized carbons (Fsp3) is 0.0500. The van der Waals surface area contributed by atoms with Crippen LogP contribution in [0.3, 0.4) is 0 Å². The Bertz CT molecular complexity index is 1250. The van der Waals surface area contributed by atoms with Gasteiger partial charge in [-0.2, -0.15) is 9.61 Å². The number of rotatable bonds is 5. The third-order valence-corrected chi connectivity index (χ3v) is 5.24. The van der Waals surface area contributed by atoms with Crippen LogP contribution in [0.5, 0.6) is 0 Å². The summed E-state index contributed by atoms with van der Waals surface area (Å²) < 4.78 is 16.8. The van der Waals surface area contributed by atoms with Gasteiger partial charge in [-0.15, -0.1) is 10.6 Å². The van der Waals surface area contributed by atoms with Crippen LogP contribution in [0.15, 0.2) is 70.4 Å². The van der Waals surface area contributed by atoms with E-state index in [0.29, 0.717) is 29.3 Å². The molecule has 0 bridgehead atoms. The number of hydrazine groups is 2. The molecular weight excluding hydrogens is 451 g/mol. The second kappa shape index (κ2) is 7.73. The second-order valence-electron chi connectivity index (χ2n) is 6.61. The van der Waals surface area contributed by atoms with Crippen molar-refractivity contribution in [3.63, 3.8) is 0 Å². The molecule has 1 aliphatic rings. The van der Waals surface area contributed by atoms with Gasteiger partial charge in [-0.25, -0.2) is 14.9 Å². The highest BCUT2D eigenvalue weighted by atomic mass is 79.9. The van der Waals surface area contributed by atoms with Crippen molar-refractivity contribution in [3.05, 3.63) is 82.2 Å². The van der Waals surface area contributed by atoms with Crippen molar-refractivity contribution in [2.24, 2.45) is 5.10 Å². The summed E-state index contributed by atoms with van der Waals surface area (Å²) in [4.78, 5) is 4.58. The molecule has 1 aliphatic heterocycles. The molecule has 3 heterocycles. The van der Waals surface area contributed by atoms with E-state index in [0.717, 1.165) is 21.4 Å². The SMILES string of the molecule is Fc1ccccc1-c1cc(NCc2ccc(C3=NNNN3)cc2)n2ncc(Br)c2n1. The average molecular weight is 467 g/mol. The molecule has 150 valence electrons. The molecule has 0 aliphatic carbocycles. The molecule has 2 aromatic carbocycles. The predicted molar refractivity (Wildman–Crippen MR) is 116 cm³/mol. The largest absolute Gasteiger partial charge is 0.366 e. The number of anilines is 1. The zero-order valence-corrected chi connectivity index (χ0v) is 17.1. The van der Waals surface area contributed by atoms with Crippen molar-refractivity contribution >= 4 is 33.2 Å². The van der Waals surface area contributed by atoms with Crippen molar-refractivity contribution < 1.29 is 4.39 Å². The summed E-state index contributed by atoms with van der Waals surface area (Å²) in [6.07, 6.45) is 1.67. The quantitative estimate of drug-likeness (QED) is 0.361. The van der Waals surface area contributed by atoms with E-state index in [-0.39, 0.29) is 5.82 Å². The van der Waals surface area contributed by atoms with Crippen LogP contribution in [0.25, 0.3) is 16.9 Å². The first-order valence-electron chi connectivity index (χ1n) is 9.15. The lowest BCUT2D eigenvalue weighted by Gasteiger charge is -2.12. The van der Waals surface area contributed by atoms with Crippen LogP contribution in [0.4, 0.5) is 10.2 Å². The van der Waals surface area contributed by atoms with Gasteiger partial charge >= 0.3 is 0 Å². The summed E-state index contributed by atoms with van der Waals surface area (Å²) in [7, 11) is 0. The molecule has 0 radical (unpaired) electrons. The van der Waals surface area contributed by atoms with Gasteiger partial charge in [0.05, 0.1) is 16.4 Å². The van der Waals surface area contributed by atoms with Crippen molar-refractivity contribution in [2.75, 3.05) is 5.32 Å². The Labute approximate surface area is 179 Å². The van der Waals surface area contributed by atoms with Crippen LogP contribution in [-0.2, 0) is 6.54 Å². The van der Waals surface area contributed by atoms with Crippen LogP contribution in [-0.4, -0.2) is 20.4 Å². The third kappa shape index (κ3) is 3.46. The molecule has 0 saturated carbocycles. The van der Waals surface area contributed by atoms with Gasteiger partial charge in [0.25, 0.3) is 0 Å². The summed E-state index contributed by atoms with van der Waals surface area (Å²) in [6, 6.07) is 16.4. The Morgan fingerprint density at radius 1 is 1.10 bits per heavy atom. The van der Waals surface area contributed by atoms with Gasteiger partial charge < -0.3 is 5.32 Å². The fourth-order valence-electron chi connectivity index (χ4n) is 3.18. The van der Waals surface area contributed by atoms with E-state index in [1.807, 2.05) is 24.3 Å². The molecule has 0 saturated heterocycles. The first-order valence-corrected chi connectivity index (χ1v) is 9.94. The minimum atomic E-state index is -0.320. The smallest absolute Gasteiger partial charge is 0.172 e. The molecule has 0 fully saturated rings. The van der Waals surface area contributed by atoms with Gasteiger partial charge in [0.2, 0.25) is 0 Å². The standard InChI is InChI=1S/C20H16BrFN8/c21-15-11-24-30-18(9-17(25-20(15)30)14-3-1-2-4-16(14)22)23-10-12-5-7-13(8-6-12)19-26-28-29-27-19/h1-9,11,23,28-29H,10H2,(H,26,27). The fourth-order valence-corrected chi connectivity index (χ4v) is 3.53. The maximum Gasteiger partial charge on any atom is 0.172 e. The van der Waals surface area contributed by atoms with E-state index >= 15 is 0 Å². The molecule has 0 amide bonds. The highest BCUT2D eigenvalue weighted by molar-refractivity contribution is 9.10. The topological polar surface area (TPSA) is 90.7 Å². The van der Waals surface area contributed by atoms with Crippen LogP contribution >= 0.6 is 15.9 Å². The van der Waals surface area contributed by atoms with E-state index in [4.69, 9.17) is 0 Å². The summed E-state index contributed by atoms with van der Waals surface area (Å²) in [5, 5.41) is 11.8. The van der Waals surface area contributed by atoms with Crippen LogP contribution in [0.2, 0.25) is 0 Å². The molecule has 2 aromatic heterocycles. The number of aromatic nitrogens is 3. The molecule has 4 aromatic rings. The van der Waals surface area contributed by atoms with Gasteiger partial charge in [-0.1, -0.05) is 36.4 Å². The first-order chi connectivity index (χ1) is 14.7. The molecule has 10 heteroatoms. The van der Waals surface area contributed by atoms with Gasteiger partial charge in [-0.3, -0.25) is 5.43 Å². The monoisotopic (exact) mass is 466 g/mol. The van der Waals surface area contributed by atoms with E-state index in [2.05, 4.69) is 52.9 Å². The molecule has 5 rings (SSSR count). The van der Waals surface area contributed by atoms with Crippen LogP contribution in [0.1, 0.15) is 11.1 Å². The first kappa shape index (κ1) is 18.5. The molecule has 30 heavy (non-hydrogen) atoms. The van der Waals surface area contributed by atoms with Crippen molar-refractivity contribution in [1.82, 2.24) is 31.1 Å². The molecular formula is C20H16BrFN8. The van der Waals surface area contributed by atoms with Crippen LogP contribution in [0, 0.1) is 5.82 Å². The number of benzene rings is 2. The van der Waals surface area contributed by atoms with Crippen molar-refractivity contribution in [2.45, 2.75) is 6.54 Å². The Morgan fingerprint density at radius 3 is 2.70 bits per heavy atom. The minimum Gasteiger partial charge on any atom is -0.366 e. The molecule has 0 atom stereocenters. The van der Waals surface area contributed by atoms with E-state index in [1.54, 1.807) is 35.0 Å². The number of fused-ring (bicyclic) bond motifs is 1. The highest BCUT2D eigenvalue weighted by Gasteiger charge is 2.14. The van der Waals surface area contributed by atoms with Crippen molar-refractivity contribution in [3.8, 4) is 11.3 Å². The second-order valence-corrected chi connectivity index (χ2v) is 7.46. The number of halogens is 2. The zero-order chi connectivity index (χ0) is 20.5. The number of hydrogen-bond donors (Lipinski definition) is 4. The van der Waals surface area contributed by atoms with Crippen LogP contribution < -0.4 is 21.8 Å². The number of amidine groups is 1. The lowest BCUT2D eigenvalue weighted by Crippen LogP contribution is -2.35. The number of nitrogens with zero attached hydrogens (tertiary/aromatic N) is 4. The maximum atomic E-state index is 14.3. The average Bonchev–Trinajstić information content (AvgIpc) is 3.43. The summed E-state index contributed by atoms with van der Waals surface area (Å²) in [5.41, 5.74) is 11.9. The lowest BCUT2D eigenvalue weighted by atomic mass is 10.1. The summed E-state index contributed by atoms with van der Waals surface area (Å²) >= 11 is 3.47. The molecule has 0 unspecified atom stereocenters. The van der Waals surface area contributed by atoms with Gasteiger partial charge in [-0.05, 0) is 33.6 Å². The number of hydrazone groups is 1. The zero-order valence-electron chi connectivity index (χ0n) is 15.5. The Balaban J connectivity index is 1.44. The normalized spacial score (nSPS) is 13.1. The number of hydrogen-bond acceptors (Lipinski definition) is 7. The molecule has 0 spiro atoms. The Kier molecular flexibility index (Phi) is 4.77.